The lowest BCUT2D eigenvalue weighted by Gasteiger charge is -2.25. The van der Waals surface area contributed by atoms with Gasteiger partial charge in [-0.2, -0.15) is 0 Å². The van der Waals surface area contributed by atoms with Gasteiger partial charge in [-0.15, -0.1) is 0 Å². The second-order valence-corrected chi connectivity index (χ2v) is 7.15. The molecule has 118 valence electrons. The summed E-state index contributed by atoms with van der Waals surface area (Å²) in [5, 5.41) is 3.21. The molecule has 21 heavy (non-hydrogen) atoms. The lowest BCUT2D eigenvalue weighted by molar-refractivity contribution is 0.316. The molecule has 0 spiro atoms. The smallest absolute Gasteiger partial charge is 0.244 e. The van der Waals surface area contributed by atoms with E-state index in [2.05, 4.69) is 10.0 Å². The highest BCUT2D eigenvalue weighted by Gasteiger charge is 2.23. The molecule has 6 heteroatoms. The summed E-state index contributed by atoms with van der Waals surface area (Å²) in [5.41, 5.74) is 1.01. The summed E-state index contributed by atoms with van der Waals surface area (Å²) in [4.78, 5) is 0.213. The zero-order valence-electron chi connectivity index (χ0n) is 12.7. The van der Waals surface area contributed by atoms with E-state index in [1.54, 1.807) is 12.1 Å². The quantitative estimate of drug-likeness (QED) is 0.769. The van der Waals surface area contributed by atoms with Crippen molar-refractivity contribution >= 4 is 10.0 Å². The molecule has 0 saturated heterocycles. The highest BCUT2D eigenvalue weighted by atomic mass is 32.2. The van der Waals surface area contributed by atoms with Crippen LogP contribution in [-0.2, 0) is 16.6 Å². The maximum atomic E-state index is 12.4. The standard InChI is InChI=1S/C15H24N2O3S/c1-3-16-10-13-7-8-15(14(9-13)20-2)21(18,19)17-11-12-5-4-6-12/h7-9,12,16-17H,3-6,10-11H2,1-2H3. The van der Waals surface area contributed by atoms with Gasteiger partial charge < -0.3 is 10.1 Å². The van der Waals surface area contributed by atoms with Gasteiger partial charge >= 0.3 is 0 Å². The van der Waals surface area contributed by atoms with E-state index in [4.69, 9.17) is 4.74 Å². The maximum absolute atomic E-state index is 12.4. The molecule has 0 atom stereocenters. The van der Waals surface area contributed by atoms with Gasteiger partial charge in [-0.25, -0.2) is 13.1 Å². The molecule has 5 nitrogen and oxygen atoms in total. The van der Waals surface area contributed by atoms with E-state index in [0.29, 0.717) is 24.8 Å². The van der Waals surface area contributed by atoms with Crippen molar-refractivity contribution in [2.75, 3.05) is 20.2 Å². The first kappa shape index (κ1) is 16.3. The van der Waals surface area contributed by atoms with Crippen LogP contribution in [0.5, 0.6) is 5.75 Å². The van der Waals surface area contributed by atoms with Gasteiger partial charge in [0.1, 0.15) is 10.6 Å². The molecule has 1 saturated carbocycles. The van der Waals surface area contributed by atoms with Crippen LogP contribution in [0.15, 0.2) is 23.1 Å². The molecule has 1 aliphatic rings. The number of nitrogens with one attached hydrogen (secondary N) is 2. The predicted octanol–water partition coefficient (Wildman–Crippen LogP) is 1.88. The number of sulfonamides is 1. The predicted molar refractivity (Wildman–Crippen MR) is 82.9 cm³/mol. The molecule has 0 bridgehead atoms. The molecule has 0 radical (unpaired) electrons. The molecular formula is C15H24N2O3S. The highest BCUT2D eigenvalue weighted by molar-refractivity contribution is 7.89. The molecule has 1 aromatic carbocycles. The number of hydrogen-bond donors (Lipinski definition) is 2. The Balaban J connectivity index is 2.12. The lowest BCUT2D eigenvalue weighted by Crippen LogP contribution is -2.32. The van der Waals surface area contributed by atoms with Gasteiger partial charge in [0.25, 0.3) is 0 Å². The molecular weight excluding hydrogens is 288 g/mol. The van der Waals surface area contributed by atoms with E-state index in [1.807, 2.05) is 13.0 Å². The molecule has 1 aromatic rings. The Bertz CT molecular complexity index is 568. The van der Waals surface area contributed by atoms with Crippen molar-refractivity contribution in [1.82, 2.24) is 10.0 Å². The lowest BCUT2D eigenvalue weighted by atomic mass is 9.86. The molecule has 2 N–H and O–H groups in total. The van der Waals surface area contributed by atoms with Gasteiger partial charge in [-0.05, 0) is 43.0 Å². The largest absolute Gasteiger partial charge is 0.495 e. The Kier molecular flexibility index (Phi) is 5.61. The minimum absolute atomic E-state index is 0.213. The van der Waals surface area contributed by atoms with Gasteiger partial charge in [0.05, 0.1) is 7.11 Å². The Hall–Kier alpha value is -1.11. The Morgan fingerprint density at radius 2 is 2.10 bits per heavy atom. The number of ether oxygens (including phenoxy) is 1. The first-order valence-electron chi connectivity index (χ1n) is 7.44. The molecule has 0 aromatic heterocycles. The van der Waals surface area contributed by atoms with Crippen molar-refractivity contribution in [3.05, 3.63) is 23.8 Å². The van der Waals surface area contributed by atoms with Crippen LogP contribution >= 0.6 is 0 Å². The topological polar surface area (TPSA) is 67.4 Å². The van der Waals surface area contributed by atoms with Crippen molar-refractivity contribution in [3.8, 4) is 5.75 Å². The van der Waals surface area contributed by atoms with Crippen LogP contribution in [0.1, 0.15) is 31.7 Å². The van der Waals surface area contributed by atoms with Crippen molar-refractivity contribution in [2.45, 2.75) is 37.6 Å². The third kappa shape index (κ3) is 4.18. The van der Waals surface area contributed by atoms with Crippen LogP contribution in [0.3, 0.4) is 0 Å². The van der Waals surface area contributed by atoms with Crippen LogP contribution in [0.4, 0.5) is 0 Å². The van der Waals surface area contributed by atoms with Crippen LogP contribution in [-0.4, -0.2) is 28.6 Å². The van der Waals surface area contributed by atoms with E-state index >= 15 is 0 Å². The summed E-state index contributed by atoms with van der Waals surface area (Å²) in [7, 11) is -2.01. The summed E-state index contributed by atoms with van der Waals surface area (Å²) >= 11 is 0. The van der Waals surface area contributed by atoms with Gasteiger partial charge in [-0.3, -0.25) is 0 Å². The van der Waals surface area contributed by atoms with Crippen LogP contribution < -0.4 is 14.8 Å². The number of benzene rings is 1. The summed E-state index contributed by atoms with van der Waals surface area (Å²) in [5.74, 6) is 0.880. The van der Waals surface area contributed by atoms with Crippen molar-refractivity contribution < 1.29 is 13.2 Å². The van der Waals surface area contributed by atoms with Crippen molar-refractivity contribution in [1.29, 1.82) is 0 Å². The Morgan fingerprint density at radius 3 is 2.67 bits per heavy atom. The minimum atomic E-state index is -3.51. The SMILES string of the molecule is CCNCc1ccc(S(=O)(=O)NCC2CCC2)c(OC)c1. The minimum Gasteiger partial charge on any atom is -0.495 e. The van der Waals surface area contributed by atoms with Crippen molar-refractivity contribution in [2.24, 2.45) is 5.92 Å². The first-order valence-corrected chi connectivity index (χ1v) is 8.92. The zero-order valence-corrected chi connectivity index (χ0v) is 13.5. The van der Waals surface area contributed by atoms with Crippen molar-refractivity contribution in [3.63, 3.8) is 0 Å². The Labute approximate surface area is 127 Å². The van der Waals surface area contributed by atoms with Crippen LogP contribution in [0.25, 0.3) is 0 Å². The van der Waals surface area contributed by atoms with Gasteiger partial charge in [0, 0.05) is 13.1 Å². The van der Waals surface area contributed by atoms with Gasteiger partial charge in [0.2, 0.25) is 10.0 Å². The van der Waals surface area contributed by atoms with E-state index in [0.717, 1.165) is 24.9 Å². The molecule has 1 fully saturated rings. The second-order valence-electron chi connectivity index (χ2n) is 5.41. The summed E-state index contributed by atoms with van der Waals surface area (Å²) in [6, 6.07) is 5.22. The number of hydrogen-bond acceptors (Lipinski definition) is 4. The van der Waals surface area contributed by atoms with E-state index in [-0.39, 0.29) is 4.90 Å². The van der Waals surface area contributed by atoms with E-state index < -0.39 is 10.0 Å². The Morgan fingerprint density at radius 1 is 1.33 bits per heavy atom. The average molecular weight is 312 g/mol. The monoisotopic (exact) mass is 312 g/mol. The molecule has 0 aliphatic heterocycles. The first-order chi connectivity index (χ1) is 10.1. The molecule has 0 amide bonds. The van der Waals surface area contributed by atoms with Gasteiger partial charge in [-0.1, -0.05) is 19.4 Å². The number of methoxy groups -OCH3 is 1. The summed E-state index contributed by atoms with van der Waals surface area (Å²) in [6.07, 6.45) is 3.43. The fourth-order valence-corrected chi connectivity index (χ4v) is 3.58. The number of rotatable bonds is 8. The van der Waals surface area contributed by atoms with E-state index in [1.165, 1.54) is 13.5 Å². The highest BCUT2D eigenvalue weighted by Crippen LogP contribution is 2.28. The average Bonchev–Trinajstić information content (AvgIpc) is 2.42. The maximum Gasteiger partial charge on any atom is 0.244 e. The summed E-state index contributed by atoms with van der Waals surface area (Å²) < 4.78 is 32.7. The third-order valence-electron chi connectivity index (χ3n) is 3.88. The molecule has 1 aliphatic carbocycles. The molecule has 0 unspecified atom stereocenters. The normalized spacial score (nSPS) is 15.7. The third-order valence-corrected chi connectivity index (χ3v) is 5.35. The molecule has 2 rings (SSSR count). The molecule has 0 heterocycles. The fourth-order valence-electron chi connectivity index (χ4n) is 2.32. The zero-order chi connectivity index (χ0) is 15.3. The van der Waals surface area contributed by atoms with Crippen LogP contribution in [0, 0.1) is 5.92 Å². The van der Waals surface area contributed by atoms with Crippen LogP contribution in [0.2, 0.25) is 0 Å². The second kappa shape index (κ2) is 7.24. The summed E-state index contributed by atoms with van der Waals surface area (Å²) in [6.45, 7) is 4.11. The van der Waals surface area contributed by atoms with E-state index in [9.17, 15) is 8.42 Å². The fraction of sp³-hybridized carbons (Fsp3) is 0.600. The van der Waals surface area contributed by atoms with Gasteiger partial charge in [0.15, 0.2) is 0 Å².